The lowest BCUT2D eigenvalue weighted by Gasteiger charge is -2.26. The van der Waals surface area contributed by atoms with Crippen LogP contribution in [-0.2, 0) is 6.42 Å². The van der Waals surface area contributed by atoms with Gasteiger partial charge in [0, 0.05) is 53.3 Å². The largest absolute Gasteiger partial charge is 0.328 e. The highest BCUT2D eigenvalue weighted by atomic mass is 15.3. The Labute approximate surface area is 175 Å². The first-order valence-corrected chi connectivity index (χ1v) is 10.7. The average Bonchev–Trinajstić information content (AvgIpc) is 3.49. The third-order valence-electron chi connectivity index (χ3n) is 6.59. The fourth-order valence-electron chi connectivity index (χ4n) is 4.91. The fourth-order valence-corrected chi connectivity index (χ4v) is 4.91. The lowest BCUT2D eigenvalue weighted by Crippen LogP contribution is -2.28. The van der Waals surface area contributed by atoms with E-state index >= 15 is 0 Å². The van der Waals surface area contributed by atoms with Crippen LogP contribution in [0.5, 0.6) is 0 Å². The van der Waals surface area contributed by atoms with E-state index in [1.54, 1.807) is 0 Å². The summed E-state index contributed by atoms with van der Waals surface area (Å²) in [5.41, 5.74) is 15.6. The summed E-state index contributed by atoms with van der Waals surface area (Å²) in [7, 11) is 0. The summed E-state index contributed by atoms with van der Waals surface area (Å²) in [6.07, 6.45) is 13.1. The molecule has 2 aliphatic carbocycles. The first kappa shape index (κ1) is 17.6. The van der Waals surface area contributed by atoms with Gasteiger partial charge in [0.1, 0.15) is 5.69 Å². The van der Waals surface area contributed by atoms with Gasteiger partial charge < -0.3 is 5.73 Å². The average molecular weight is 396 g/mol. The van der Waals surface area contributed by atoms with E-state index in [9.17, 15) is 0 Å². The second-order valence-electron chi connectivity index (χ2n) is 8.49. The van der Waals surface area contributed by atoms with Crippen LogP contribution in [0, 0.1) is 0 Å². The quantitative estimate of drug-likeness (QED) is 0.475. The van der Waals surface area contributed by atoms with Gasteiger partial charge in [0.2, 0.25) is 0 Å². The highest BCUT2D eigenvalue weighted by molar-refractivity contribution is 5.83. The molecule has 4 aromatic rings. The number of aromatic nitrogens is 5. The molecule has 3 N–H and O–H groups in total. The second kappa shape index (κ2) is 6.92. The van der Waals surface area contributed by atoms with E-state index in [0.717, 1.165) is 49.1 Å². The molecule has 2 aliphatic rings. The number of fused-ring (bicyclic) bond motifs is 3. The van der Waals surface area contributed by atoms with E-state index in [2.05, 4.69) is 44.3 Å². The number of nitrogens with two attached hydrogens (primary N) is 1. The molecule has 0 atom stereocenters. The molecule has 0 bridgehead atoms. The summed E-state index contributed by atoms with van der Waals surface area (Å²) in [5, 5.41) is 12.4. The third-order valence-corrected chi connectivity index (χ3v) is 6.59. The summed E-state index contributed by atoms with van der Waals surface area (Å²) in [6.45, 7) is 0. The monoisotopic (exact) mass is 396 g/mol. The Balaban J connectivity index is 1.44. The summed E-state index contributed by atoms with van der Waals surface area (Å²) in [4.78, 5) is 4.18. The summed E-state index contributed by atoms with van der Waals surface area (Å²) in [5.74, 6) is 0. The van der Waals surface area contributed by atoms with Crippen molar-refractivity contribution in [3.05, 3.63) is 66.2 Å². The van der Waals surface area contributed by atoms with Gasteiger partial charge in [0.25, 0.3) is 0 Å². The Morgan fingerprint density at radius 2 is 1.77 bits per heavy atom. The van der Waals surface area contributed by atoms with Crippen LogP contribution in [0.1, 0.15) is 42.9 Å². The third kappa shape index (κ3) is 2.87. The van der Waals surface area contributed by atoms with Crippen molar-refractivity contribution in [3.63, 3.8) is 0 Å². The van der Waals surface area contributed by atoms with Gasteiger partial charge in [-0.05, 0) is 48.9 Å². The van der Waals surface area contributed by atoms with Gasteiger partial charge in [0.15, 0.2) is 0 Å². The smallest absolute Gasteiger partial charge is 0.100 e. The molecule has 6 heteroatoms. The molecule has 6 nitrogen and oxygen atoms in total. The topological polar surface area (TPSA) is 85.4 Å². The van der Waals surface area contributed by atoms with E-state index in [1.807, 2.05) is 30.7 Å². The van der Waals surface area contributed by atoms with Crippen LogP contribution in [0.3, 0.4) is 0 Å². The van der Waals surface area contributed by atoms with Crippen molar-refractivity contribution < 1.29 is 0 Å². The van der Waals surface area contributed by atoms with Gasteiger partial charge >= 0.3 is 0 Å². The first-order chi connectivity index (χ1) is 14.8. The van der Waals surface area contributed by atoms with Crippen molar-refractivity contribution in [3.8, 4) is 33.6 Å². The van der Waals surface area contributed by atoms with Gasteiger partial charge in [-0.3, -0.25) is 14.8 Å². The zero-order valence-corrected chi connectivity index (χ0v) is 16.8. The molecule has 0 unspecified atom stereocenters. The number of rotatable bonds is 3. The number of hydrogen-bond acceptors (Lipinski definition) is 4. The van der Waals surface area contributed by atoms with Gasteiger partial charge in [-0.15, -0.1) is 0 Å². The predicted octanol–water partition coefficient (Wildman–Crippen LogP) is 4.35. The minimum absolute atomic E-state index is 0.333. The lowest BCUT2D eigenvalue weighted by atomic mass is 9.92. The predicted molar refractivity (Wildman–Crippen MR) is 117 cm³/mol. The molecule has 30 heavy (non-hydrogen) atoms. The summed E-state index contributed by atoms with van der Waals surface area (Å²) in [6, 6.07) is 11.6. The van der Waals surface area contributed by atoms with Gasteiger partial charge in [-0.2, -0.15) is 10.2 Å². The van der Waals surface area contributed by atoms with E-state index in [-0.39, 0.29) is 0 Å². The van der Waals surface area contributed by atoms with E-state index in [1.165, 1.54) is 27.8 Å². The van der Waals surface area contributed by atoms with Crippen LogP contribution >= 0.6 is 0 Å². The number of benzene rings is 1. The van der Waals surface area contributed by atoms with Gasteiger partial charge in [-0.1, -0.05) is 18.2 Å². The molecule has 3 aromatic heterocycles. The zero-order valence-electron chi connectivity index (χ0n) is 16.8. The molecule has 1 aromatic carbocycles. The van der Waals surface area contributed by atoms with E-state index in [0.29, 0.717) is 12.1 Å². The maximum absolute atomic E-state index is 6.13. The van der Waals surface area contributed by atoms with Crippen molar-refractivity contribution in [1.29, 1.82) is 0 Å². The molecule has 0 spiro atoms. The van der Waals surface area contributed by atoms with Gasteiger partial charge in [0.05, 0.1) is 17.9 Å². The van der Waals surface area contributed by atoms with Crippen molar-refractivity contribution in [1.82, 2.24) is 25.0 Å². The van der Waals surface area contributed by atoms with Gasteiger partial charge in [-0.25, -0.2) is 0 Å². The Bertz CT molecular complexity index is 1200. The molecule has 1 fully saturated rings. The molecule has 150 valence electrons. The molecular formula is C24H24N6. The Morgan fingerprint density at radius 1 is 0.933 bits per heavy atom. The van der Waals surface area contributed by atoms with E-state index in [4.69, 9.17) is 10.8 Å². The number of aromatic amines is 1. The Hall–Kier alpha value is -3.25. The molecule has 6 rings (SSSR count). The van der Waals surface area contributed by atoms with Crippen molar-refractivity contribution in [2.75, 3.05) is 0 Å². The van der Waals surface area contributed by atoms with Crippen LogP contribution < -0.4 is 5.73 Å². The van der Waals surface area contributed by atoms with Crippen molar-refractivity contribution in [2.45, 2.75) is 44.2 Å². The molecule has 0 aliphatic heterocycles. The maximum atomic E-state index is 6.13. The normalized spacial score (nSPS) is 20.2. The molecule has 0 amide bonds. The van der Waals surface area contributed by atoms with Crippen LogP contribution in [-0.4, -0.2) is 31.0 Å². The Kier molecular flexibility index (Phi) is 4.06. The molecule has 0 saturated heterocycles. The SMILES string of the molecule is NC1CCC(n2cc(-c3ccc4c(c3)Cc3cn[nH]c3-4)c(-c3ccncc3)n2)CC1. The standard InChI is InChI=1S/C24H24N6/c25-19-2-4-20(5-3-19)30-14-22(24(29-30)15-7-9-26-10-8-15)16-1-6-21-17(11-16)12-18-13-27-28-23(18)21/h1,6-11,13-14,19-20H,2-5,12,25H2,(H,27,28). The summed E-state index contributed by atoms with van der Waals surface area (Å²) < 4.78 is 2.18. The zero-order chi connectivity index (χ0) is 20.1. The molecular weight excluding hydrogens is 372 g/mol. The van der Waals surface area contributed by atoms with E-state index < -0.39 is 0 Å². The highest BCUT2D eigenvalue weighted by Crippen LogP contribution is 2.40. The number of nitrogens with one attached hydrogen (secondary N) is 1. The Morgan fingerprint density at radius 3 is 2.60 bits per heavy atom. The van der Waals surface area contributed by atoms with Crippen LogP contribution in [0.4, 0.5) is 0 Å². The van der Waals surface area contributed by atoms with Crippen molar-refractivity contribution in [2.24, 2.45) is 5.73 Å². The van der Waals surface area contributed by atoms with Crippen LogP contribution in [0.2, 0.25) is 0 Å². The first-order valence-electron chi connectivity index (χ1n) is 10.7. The summed E-state index contributed by atoms with van der Waals surface area (Å²) >= 11 is 0. The highest BCUT2D eigenvalue weighted by Gasteiger charge is 2.25. The minimum Gasteiger partial charge on any atom is -0.328 e. The minimum atomic E-state index is 0.333. The number of nitrogens with zero attached hydrogens (tertiary/aromatic N) is 4. The van der Waals surface area contributed by atoms with Crippen LogP contribution in [0.25, 0.3) is 33.6 Å². The number of H-pyrrole nitrogens is 1. The lowest BCUT2D eigenvalue weighted by molar-refractivity contribution is 0.305. The molecule has 0 radical (unpaired) electrons. The maximum Gasteiger partial charge on any atom is 0.100 e. The second-order valence-corrected chi connectivity index (χ2v) is 8.49. The number of hydrogen-bond donors (Lipinski definition) is 2. The number of pyridine rings is 1. The van der Waals surface area contributed by atoms with Crippen LogP contribution in [0.15, 0.2) is 55.1 Å². The van der Waals surface area contributed by atoms with Crippen molar-refractivity contribution >= 4 is 0 Å². The molecule has 1 saturated carbocycles. The fraction of sp³-hybridized carbons (Fsp3) is 0.292. The molecule has 3 heterocycles.